The number of nitrogens with zero attached hydrogens (tertiary/aromatic N) is 5. The molecule has 0 radical (unpaired) electrons. The van der Waals surface area contributed by atoms with E-state index in [1.165, 1.54) is 12.1 Å². The second kappa shape index (κ2) is 11.8. The van der Waals surface area contributed by atoms with E-state index in [0.717, 1.165) is 38.9 Å². The molecule has 2 aromatic heterocycles. The lowest BCUT2D eigenvalue weighted by Gasteiger charge is -2.30. The molecule has 0 saturated heterocycles. The van der Waals surface area contributed by atoms with Crippen LogP contribution in [0.3, 0.4) is 0 Å². The van der Waals surface area contributed by atoms with E-state index < -0.39 is 0 Å². The number of pyridine rings is 1. The Morgan fingerprint density at radius 2 is 1.73 bits per heavy atom. The van der Waals surface area contributed by atoms with Gasteiger partial charge in [-0.15, -0.1) is 5.10 Å². The Balaban J connectivity index is 1.52. The summed E-state index contributed by atoms with van der Waals surface area (Å²) in [7, 11) is 1.64. The minimum absolute atomic E-state index is 0.128. The van der Waals surface area contributed by atoms with Gasteiger partial charge in [-0.2, -0.15) is 0 Å². The van der Waals surface area contributed by atoms with Crippen LogP contribution in [-0.2, 0) is 19.6 Å². The number of aromatic amines is 1. The summed E-state index contributed by atoms with van der Waals surface area (Å²) >= 11 is 0. The summed E-state index contributed by atoms with van der Waals surface area (Å²) in [6, 6.07) is 20.2. The first kappa shape index (κ1) is 27.2. The number of halogens is 1. The molecule has 5 aromatic rings. The van der Waals surface area contributed by atoms with Crippen LogP contribution in [0.25, 0.3) is 10.9 Å². The average molecular weight is 541 g/mol. The molecule has 1 unspecified atom stereocenters. The van der Waals surface area contributed by atoms with Crippen molar-refractivity contribution in [2.45, 2.75) is 52.9 Å². The minimum atomic E-state index is -0.289. The van der Waals surface area contributed by atoms with Crippen LogP contribution < -0.4 is 10.3 Å². The van der Waals surface area contributed by atoms with Crippen LogP contribution in [0.15, 0.2) is 71.5 Å². The van der Waals surface area contributed by atoms with Crippen molar-refractivity contribution in [3.63, 3.8) is 0 Å². The molecule has 0 aliphatic carbocycles. The zero-order valence-electron chi connectivity index (χ0n) is 23.2. The van der Waals surface area contributed by atoms with Gasteiger partial charge in [-0.05, 0) is 89.2 Å². The maximum absolute atomic E-state index is 13.7. The number of methoxy groups -OCH3 is 1. The predicted octanol–water partition coefficient (Wildman–Crippen LogP) is 5.48. The van der Waals surface area contributed by atoms with Gasteiger partial charge in [0, 0.05) is 18.7 Å². The van der Waals surface area contributed by atoms with Crippen molar-refractivity contribution in [1.29, 1.82) is 0 Å². The van der Waals surface area contributed by atoms with Crippen molar-refractivity contribution in [1.82, 2.24) is 30.1 Å². The highest BCUT2D eigenvalue weighted by molar-refractivity contribution is 5.82. The zero-order chi connectivity index (χ0) is 28.2. The van der Waals surface area contributed by atoms with Crippen LogP contribution in [0.4, 0.5) is 4.39 Å². The summed E-state index contributed by atoms with van der Waals surface area (Å²) in [5, 5.41) is 13.7. The van der Waals surface area contributed by atoms with Gasteiger partial charge in [0.1, 0.15) is 11.6 Å². The molecule has 9 heteroatoms. The van der Waals surface area contributed by atoms with E-state index in [4.69, 9.17) is 4.74 Å². The van der Waals surface area contributed by atoms with Crippen molar-refractivity contribution >= 4 is 10.9 Å². The second-order valence-electron chi connectivity index (χ2n) is 10.2. The molecule has 8 nitrogen and oxygen atoms in total. The zero-order valence-corrected chi connectivity index (χ0v) is 23.2. The summed E-state index contributed by atoms with van der Waals surface area (Å²) in [5.74, 6) is 1.19. The standard InChI is InChI=1S/C31H33FN6O2/c1-5-28(30-34-35-36-38(30)18-23-8-12-27(40-4)13-9-23)37(17-22-6-10-26(32)11-7-22)19-25-16-24-15-20(2)14-21(3)29(24)33-31(25)39/h6-16,28H,5,17-19H2,1-4H3,(H,33,39). The summed E-state index contributed by atoms with van der Waals surface area (Å²) < 4.78 is 20.8. The molecule has 0 fully saturated rings. The molecule has 0 spiro atoms. The number of hydrogen-bond acceptors (Lipinski definition) is 6. The molecule has 0 aliphatic rings. The van der Waals surface area contributed by atoms with E-state index in [9.17, 15) is 9.18 Å². The summed E-state index contributed by atoms with van der Waals surface area (Å²) in [6.45, 7) is 7.46. The molecule has 0 bridgehead atoms. The van der Waals surface area contributed by atoms with Gasteiger partial charge in [-0.1, -0.05) is 42.8 Å². The highest BCUT2D eigenvalue weighted by atomic mass is 19.1. The van der Waals surface area contributed by atoms with E-state index in [1.807, 2.05) is 44.2 Å². The Morgan fingerprint density at radius 1 is 1.00 bits per heavy atom. The van der Waals surface area contributed by atoms with Crippen LogP contribution in [0.1, 0.15) is 53.0 Å². The van der Waals surface area contributed by atoms with Gasteiger partial charge in [0.2, 0.25) is 0 Å². The van der Waals surface area contributed by atoms with Crippen LogP contribution in [-0.4, -0.2) is 37.2 Å². The number of ether oxygens (including phenoxy) is 1. The molecule has 5 rings (SSSR count). The highest BCUT2D eigenvalue weighted by Crippen LogP contribution is 2.28. The number of hydrogen-bond donors (Lipinski definition) is 1. The number of tetrazole rings is 1. The molecule has 3 aromatic carbocycles. The number of rotatable bonds is 10. The molecule has 40 heavy (non-hydrogen) atoms. The highest BCUT2D eigenvalue weighted by Gasteiger charge is 2.26. The van der Waals surface area contributed by atoms with Crippen LogP contribution >= 0.6 is 0 Å². The van der Waals surface area contributed by atoms with E-state index >= 15 is 0 Å². The number of H-pyrrole nitrogens is 1. The average Bonchev–Trinajstić information content (AvgIpc) is 3.39. The lowest BCUT2D eigenvalue weighted by molar-refractivity contribution is 0.161. The first-order valence-corrected chi connectivity index (χ1v) is 13.3. The van der Waals surface area contributed by atoms with Gasteiger partial charge < -0.3 is 9.72 Å². The first-order chi connectivity index (χ1) is 19.3. The van der Waals surface area contributed by atoms with Crippen molar-refractivity contribution in [3.8, 4) is 5.75 Å². The van der Waals surface area contributed by atoms with Crippen LogP contribution in [0.5, 0.6) is 5.75 Å². The van der Waals surface area contributed by atoms with Crippen molar-refractivity contribution in [3.05, 3.63) is 117 Å². The van der Waals surface area contributed by atoms with Crippen LogP contribution in [0.2, 0.25) is 0 Å². The maximum atomic E-state index is 13.7. The minimum Gasteiger partial charge on any atom is -0.497 e. The smallest absolute Gasteiger partial charge is 0.252 e. The van der Waals surface area contributed by atoms with Gasteiger partial charge in [0.05, 0.1) is 25.2 Å². The Hall–Kier alpha value is -4.37. The third-order valence-corrected chi connectivity index (χ3v) is 7.22. The largest absolute Gasteiger partial charge is 0.497 e. The summed E-state index contributed by atoms with van der Waals surface area (Å²) in [5.41, 5.74) is 5.49. The molecular formula is C31H33FN6O2. The topological polar surface area (TPSA) is 88.9 Å². The van der Waals surface area contributed by atoms with Gasteiger partial charge in [-0.25, -0.2) is 9.07 Å². The lowest BCUT2D eigenvalue weighted by Crippen LogP contribution is -2.32. The monoisotopic (exact) mass is 540 g/mol. The number of benzene rings is 3. The normalized spacial score (nSPS) is 12.2. The van der Waals surface area contributed by atoms with Gasteiger partial charge >= 0.3 is 0 Å². The van der Waals surface area contributed by atoms with E-state index in [-0.39, 0.29) is 17.4 Å². The van der Waals surface area contributed by atoms with Gasteiger partial charge in [0.15, 0.2) is 5.82 Å². The molecule has 0 amide bonds. The fourth-order valence-electron chi connectivity index (χ4n) is 5.24. The van der Waals surface area contributed by atoms with Crippen molar-refractivity contribution < 1.29 is 9.13 Å². The molecule has 0 saturated carbocycles. The lowest BCUT2D eigenvalue weighted by atomic mass is 10.0. The number of nitrogens with one attached hydrogen (secondary N) is 1. The van der Waals surface area contributed by atoms with Crippen molar-refractivity contribution in [2.24, 2.45) is 0 Å². The molecule has 206 valence electrons. The Bertz CT molecular complexity index is 1660. The molecule has 1 atom stereocenters. The van der Waals surface area contributed by atoms with E-state index in [2.05, 4.69) is 44.5 Å². The van der Waals surface area contributed by atoms with E-state index in [1.54, 1.807) is 23.9 Å². The fourth-order valence-corrected chi connectivity index (χ4v) is 5.24. The third-order valence-electron chi connectivity index (χ3n) is 7.22. The molecule has 2 heterocycles. The molecule has 0 aliphatic heterocycles. The number of fused-ring (bicyclic) bond motifs is 1. The number of aromatic nitrogens is 5. The Kier molecular flexibility index (Phi) is 8.02. The fraction of sp³-hybridized carbons (Fsp3) is 0.290. The van der Waals surface area contributed by atoms with Gasteiger partial charge in [0.25, 0.3) is 5.56 Å². The third kappa shape index (κ3) is 5.94. The Labute approximate surface area is 232 Å². The Morgan fingerprint density at radius 3 is 2.42 bits per heavy atom. The SMILES string of the molecule is CCC(c1nnnn1Cc1ccc(OC)cc1)N(Cc1ccc(F)cc1)Cc1cc2cc(C)cc(C)c2[nH]c1=O. The second-order valence-corrected chi connectivity index (χ2v) is 10.2. The quantitative estimate of drug-likeness (QED) is 0.252. The first-order valence-electron chi connectivity index (χ1n) is 13.3. The van der Waals surface area contributed by atoms with Gasteiger partial charge in [-0.3, -0.25) is 9.69 Å². The van der Waals surface area contributed by atoms with Crippen molar-refractivity contribution in [2.75, 3.05) is 7.11 Å². The predicted molar refractivity (Wildman–Crippen MR) is 153 cm³/mol. The molecule has 1 N–H and O–H groups in total. The van der Waals surface area contributed by atoms with Crippen LogP contribution in [0, 0.1) is 19.7 Å². The summed E-state index contributed by atoms with van der Waals surface area (Å²) in [4.78, 5) is 18.5. The molecular weight excluding hydrogens is 507 g/mol. The maximum Gasteiger partial charge on any atom is 0.252 e. The summed E-state index contributed by atoms with van der Waals surface area (Å²) in [6.07, 6.45) is 0.702. The number of aryl methyl sites for hydroxylation is 2. The van der Waals surface area contributed by atoms with E-state index in [0.29, 0.717) is 37.4 Å².